The second-order valence-electron chi connectivity index (χ2n) is 4.64. The van der Waals surface area contributed by atoms with Gasteiger partial charge < -0.3 is 5.73 Å². The highest BCUT2D eigenvalue weighted by molar-refractivity contribution is 5.39. The highest BCUT2D eigenvalue weighted by atomic mass is 19.4. The van der Waals surface area contributed by atoms with Gasteiger partial charge >= 0.3 is 6.18 Å². The topological polar surface area (TPSA) is 43.8 Å². The first kappa shape index (κ1) is 14.6. The number of aromatic nitrogens is 2. The minimum atomic E-state index is -4.32. The smallest absolute Gasteiger partial charge is 0.330 e. The molecule has 1 heterocycles. The number of alkyl halides is 3. The summed E-state index contributed by atoms with van der Waals surface area (Å²) >= 11 is 0. The number of benzene rings is 1. The van der Waals surface area contributed by atoms with E-state index in [-0.39, 0.29) is 0 Å². The molecule has 0 fully saturated rings. The van der Waals surface area contributed by atoms with E-state index in [1.807, 2.05) is 13.8 Å². The third kappa shape index (κ3) is 2.70. The van der Waals surface area contributed by atoms with E-state index in [0.29, 0.717) is 18.7 Å². The van der Waals surface area contributed by atoms with Crippen molar-refractivity contribution in [1.29, 1.82) is 0 Å². The van der Waals surface area contributed by atoms with Crippen LogP contribution in [0.1, 0.15) is 22.5 Å². The van der Waals surface area contributed by atoms with Gasteiger partial charge in [-0.05, 0) is 56.6 Å². The molecule has 0 saturated heterocycles. The zero-order chi connectivity index (χ0) is 14.9. The molecule has 108 valence electrons. The molecule has 0 atom stereocenters. The average molecular weight is 283 g/mol. The fraction of sp³-hybridized carbons (Fsp3) is 0.357. The number of aryl methyl sites for hydroxylation is 1. The molecule has 0 amide bonds. The maximum Gasteiger partial charge on any atom is 0.416 e. The van der Waals surface area contributed by atoms with Gasteiger partial charge in [-0.2, -0.15) is 18.3 Å². The van der Waals surface area contributed by atoms with E-state index >= 15 is 0 Å². The Hall–Kier alpha value is -1.82. The fourth-order valence-electron chi connectivity index (χ4n) is 2.22. The monoisotopic (exact) mass is 283 g/mol. The second kappa shape index (κ2) is 5.28. The first-order valence-corrected chi connectivity index (χ1v) is 6.27. The Morgan fingerprint density at radius 2 is 1.75 bits per heavy atom. The lowest BCUT2D eigenvalue weighted by Crippen LogP contribution is -2.06. The van der Waals surface area contributed by atoms with Crippen LogP contribution in [0.25, 0.3) is 5.69 Å². The summed E-state index contributed by atoms with van der Waals surface area (Å²) < 4.78 is 39.3. The molecule has 2 aromatic rings. The Balaban J connectivity index is 2.40. The van der Waals surface area contributed by atoms with Crippen molar-refractivity contribution >= 4 is 0 Å². The minimum absolute atomic E-state index is 0.514. The van der Waals surface area contributed by atoms with E-state index in [1.165, 1.54) is 12.1 Å². The van der Waals surface area contributed by atoms with Crippen LogP contribution in [0.5, 0.6) is 0 Å². The van der Waals surface area contributed by atoms with Crippen molar-refractivity contribution in [3.8, 4) is 5.69 Å². The van der Waals surface area contributed by atoms with Crippen LogP contribution in [0, 0.1) is 13.8 Å². The van der Waals surface area contributed by atoms with E-state index in [1.54, 1.807) is 4.68 Å². The first-order chi connectivity index (χ1) is 9.34. The molecule has 0 bridgehead atoms. The number of nitrogens with zero attached hydrogens (tertiary/aromatic N) is 2. The van der Waals surface area contributed by atoms with Crippen LogP contribution >= 0.6 is 0 Å². The summed E-state index contributed by atoms with van der Waals surface area (Å²) in [5.41, 5.74) is 8.32. The van der Waals surface area contributed by atoms with Gasteiger partial charge in [0.15, 0.2) is 0 Å². The van der Waals surface area contributed by atoms with E-state index in [4.69, 9.17) is 5.73 Å². The molecule has 0 spiro atoms. The highest BCUT2D eigenvalue weighted by Crippen LogP contribution is 2.30. The Morgan fingerprint density at radius 3 is 2.25 bits per heavy atom. The summed E-state index contributed by atoms with van der Waals surface area (Å²) in [6.45, 7) is 4.28. The predicted molar refractivity (Wildman–Crippen MR) is 70.8 cm³/mol. The molecule has 6 heteroatoms. The molecule has 3 nitrogen and oxygen atoms in total. The summed E-state index contributed by atoms with van der Waals surface area (Å²) in [5, 5.41) is 4.37. The molecule has 0 aliphatic heterocycles. The van der Waals surface area contributed by atoms with E-state index in [9.17, 15) is 13.2 Å². The van der Waals surface area contributed by atoms with Gasteiger partial charge in [-0.3, -0.25) is 0 Å². The van der Waals surface area contributed by atoms with E-state index < -0.39 is 11.7 Å². The van der Waals surface area contributed by atoms with Crippen LogP contribution in [0.3, 0.4) is 0 Å². The van der Waals surface area contributed by atoms with Crippen molar-refractivity contribution in [2.75, 3.05) is 6.54 Å². The van der Waals surface area contributed by atoms with Gasteiger partial charge in [-0.1, -0.05) is 0 Å². The van der Waals surface area contributed by atoms with Crippen LogP contribution in [0.15, 0.2) is 24.3 Å². The highest BCUT2D eigenvalue weighted by Gasteiger charge is 2.30. The first-order valence-electron chi connectivity index (χ1n) is 6.27. The molecule has 20 heavy (non-hydrogen) atoms. The molecule has 0 aliphatic carbocycles. The lowest BCUT2D eigenvalue weighted by Gasteiger charge is -2.09. The van der Waals surface area contributed by atoms with Gasteiger partial charge in [0.1, 0.15) is 0 Å². The predicted octanol–water partition coefficient (Wildman–Crippen LogP) is 3.01. The summed E-state index contributed by atoms with van der Waals surface area (Å²) in [6.07, 6.45) is -3.61. The standard InChI is InChI=1S/C14H16F3N3/c1-9-13(7-8-18)10(2)20(19-9)12-5-3-11(4-6-12)14(15,16)17/h3-6H,7-8,18H2,1-2H3. The van der Waals surface area contributed by atoms with Crippen LogP contribution in [0.2, 0.25) is 0 Å². The SMILES string of the molecule is Cc1nn(-c2ccc(C(F)(F)F)cc2)c(C)c1CCN. The third-order valence-electron chi connectivity index (χ3n) is 3.27. The molecule has 0 aliphatic rings. The molecule has 0 unspecified atom stereocenters. The normalized spacial score (nSPS) is 11.9. The molecule has 0 radical (unpaired) electrons. The van der Waals surface area contributed by atoms with Crippen molar-refractivity contribution in [3.05, 3.63) is 46.8 Å². The summed E-state index contributed by atoms with van der Waals surface area (Å²) in [6, 6.07) is 4.98. The van der Waals surface area contributed by atoms with E-state index in [2.05, 4.69) is 5.10 Å². The molecular formula is C14H16F3N3. The Bertz CT molecular complexity index is 597. The van der Waals surface area contributed by atoms with Crippen molar-refractivity contribution < 1.29 is 13.2 Å². The number of halogens is 3. The Morgan fingerprint density at radius 1 is 1.15 bits per heavy atom. The largest absolute Gasteiger partial charge is 0.416 e. The van der Waals surface area contributed by atoms with Crippen molar-refractivity contribution in [2.45, 2.75) is 26.4 Å². The van der Waals surface area contributed by atoms with Gasteiger partial charge in [0.2, 0.25) is 0 Å². The van der Waals surface area contributed by atoms with Gasteiger partial charge in [0, 0.05) is 5.69 Å². The molecule has 2 rings (SSSR count). The average Bonchev–Trinajstić information content (AvgIpc) is 2.66. The van der Waals surface area contributed by atoms with Gasteiger partial charge in [0.05, 0.1) is 16.9 Å². The van der Waals surface area contributed by atoms with Crippen LogP contribution in [-0.2, 0) is 12.6 Å². The van der Waals surface area contributed by atoms with Crippen LogP contribution < -0.4 is 5.73 Å². The van der Waals surface area contributed by atoms with Gasteiger partial charge in [-0.15, -0.1) is 0 Å². The van der Waals surface area contributed by atoms with Crippen LogP contribution in [-0.4, -0.2) is 16.3 Å². The zero-order valence-corrected chi connectivity index (χ0v) is 11.3. The maximum absolute atomic E-state index is 12.5. The summed E-state index contributed by atoms with van der Waals surface area (Å²) in [5.74, 6) is 0. The second-order valence-corrected chi connectivity index (χ2v) is 4.64. The lowest BCUT2D eigenvalue weighted by atomic mass is 10.1. The lowest BCUT2D eigenvalue weighted by molar-refractivity contribution is -0.137. The van der Waals surface area contributed by atoms with Crippen molar-refractivity contribution in [3.63, 3.8) is 0 Å². The summed E-state index contributed by atoms with van der Waals surface area (Å²) in [7, 11) is 0. The number of nitrogens with two attached hydrogens (primary N) is 1. The maximum atomic E-state index is 12.5. The summed E-state index contributed by atoms with van der Waals surface area (Å²) in [4.78, 5) is 0. The molecule has 2 N–H and O–H groups in total. The van der Waals surface area contributed by atoms with Gasteiger partial charge in [-0.25, -0.2) is 4.68 Å². The molecule has 1 aromatic carbocycles. The zero-order valence-electron chi connectivity index (χ0n) is 11.3. The Kier molecular flexibility index (Phi) is 3.85. The number of hydrogen-bond acceptors (Lipinski definition) is 2. The van der Waals surface area contributed by atoms with Gasteiger partial charge in [0.25, 0.3) is 0 Å². The third-order valence-corrected chi connectivity index (χ3v) is 3.27. The molecule has 1 aromatic heterocycles. The minimum Gasteiger partial charge on any atom is -0.330 e. The molecule has 0 saturated carbocycles. The van der Waals surface area contributed by atoms with E-state index in [0.717, 1.165) is 29.1 Å². The number of rotatable bonds is 3. The number of hydrogen-bond donors (Lipinski definition) is 1. The van der Waals surface area contributed by atoms with Crippen molar-refractivity contribution in [1.82, 2.24) is 9.78 Å². The fourth-order valence-corrected chi connectivity index (χ4v) is 2.22. The van der Waals surface area contributed by atoms with Crippen LogP contribution in [0.4, 0.5) is 13.2 Å². The van der Waals surface area contributed by atoms with Crippen molar-refractivity contribution in [2.24, 2.45) is 5.73 Å². The molecular weight excluding hydrogens is 267 g/mol. The Labute approximate surface area is 115 Å². The quantitative estimate of drug-likeness (QED) is 0.941.